The SMILES string of the molecule is OC(O)n1ccc2ccccc21. The first-order valence-electron chi connectivity index (χ1n) is 3.71. The van der Waals surface area contributed by atoms with E-state index in [1.54, 1.807) is 6.20 Å². The molecule has 0 aliphatic rings. The number of aliphatic hydroxyl groups is 2. The van der Waals surface area contributed by atoms with Crippen LogP contribution in [0.25, 0.3) is 10.9 Å². The second-order valence-electron chi connectivity index (χ2n) is 2.63. The van der Waals surface area contributed by atoms with E-state index in [1.807, 2.05) is 30.3 Å². The Morgan fingerprint density at radius 1 is 1.08 bits per heavy atom. The summed E-state index contributed by atoms with van der Waals surface area (Å²) in [5.41, 5.74) is 0.826. The summed E-state index contributed by atoms with van der Waals surface area (Å²) >= 11 is 0. The molecule has 12 heavy (non-hydrogen) atoms. The maximum absolute atomic E-state index is 8.93. The summed E-state index contributed by atoms with van der Waals surface area (Å²) in [6.45, 7) is 0. The zero-order valence-corrected chi connectivity index (χ0v) is 6.38. The van der Waals surface area contributed by atoms with Crippen molar-refractivity contribution in [3.8, 4) is 0 Å². The van der Waals surface area contributed by atoms with Crippen LogP contribution in [0, 0.1) is 0 Å². The fourth-order valence-corrected chi connectivity index (χ4v) is 1.31. The lowest BCUT2D eigenvalue weighted by molar-refractivity contribution is -0.0986. The van der Waals surface area contributed by atoms with Gasteiger partial charge in [-0.1, -0.05) is 18.2 Å². The maximum atomic E-state index is 8.93. The number of hydrogen-bond donors (Lipinski definition) is 2. The van der Waals surface area contributed by atoms with Gasteiger partial charge in [0.15, 0.2) is 0 Å². The van der Waals surface area contributed by atoms with Crippen molar-refractivity contribution in [3.05, 3.63) is 36.5 Å². The molecular formula is C9H9NO2. The standard InChI is InChI=1S/C9H9NO2/c11-9(12)10-6-5-7-3-1-2-4-8(7)10/h1-6,9,11-12H. The molecule has 2 N–H and O–H groups in total. The van der Waals surface area contributed by atoms with Gasteiger partial charge in [0, 0.05) is 6.20 Å². The molecule has 0 aliphatic carbocycles. The maximum Gasteiger partial charge on any atom is 0.239 e. The Hall–Kier alpha value is -1.32. The van der Waals surface area contributed by atoms with Gasteiger partial charge in [-0.25, -0.2) is 0 Å². The number of aromatic nitrogens is 1. The minimum Gasteiger partial charge on any atom is -0.351 e. The van der Waals surface area contributed by atoms with Gasteiger partial charge >= 0.3 is 0 Å². The van der Waals surface area contributed by atoms with Crippen LogP contribution in [0.1, 0.15) is 6.41 Å². The third-order valence-corrected chi connectivity index (χ3v) is 1.88. The zero-order valence-electron chi connectivity index (χ0n) is 6.38. The van der Waals surface area contributed by atoms with Crippen molar-refractivity contribution in [1.82, 2.24) is 4.57 Å². The lowest BCUT2D eigenvalue weighted by Crippen LogP contribution is -2.04. The molecule has 0 amide bonds. The normalized spacial score (nSPS) is 11.2. The average molecular weight is 163 g/mol. The fraction of sp³-hybridized carbons (Fsp3) is 0.111. The molecule has 0 saturated heterocycles. The molecule has 3 heteroatoms. The summed E-state index contributed by atoms with van der Waals surface area (Å²) in [4.78, 5) is 0. The first-order valence-corrected chi connectivity index (χ1v) is 3.71. The fourth-order valence-electron chi connectivity index (χ4n) is 1.31. The van der Waals surface area contributed by atoms with E-state index in [-0.39, 0.29) is 0 Å². The summed E-state index contributed by atoms with van der Waals surface area (Å²) < 4.78 is 1.40. The second-order valence-corrected chi connectivity index (χ2v) is 2.63. The Morgan fingerprint density at radius 3 is 2.58 bits per heavy atom. The Bertz CT molecular complexity index is 392. The van der Waals surface area contributed by atoms with E-state index in [4.69, 9.17) is 10.2 Å². The lowest BCUT2D eigenvalue weighted by atomic mass is 10.2. The van der Waals surface area contributed by atoms with Gasteiger partial charge in [-0.2, -0.15) is 0 Å². The molecule has 1 heterocycles. The van der Waals surface area contributed by atoms with Crippen LogP contribution >= 0.6 is 0 Å². The van der Waals surface area contributed by atoms with E-state index >= 15 is 0 Å². The quantitative estimate of drug-likeness (QED) is 0.618. The van der Waals surface area contributed by atoms with E-state index in [0.717, 1.165) is 10.9 Å². The van der Waals surface area contributed by atoms with Gasteiger partial charge in [0.2, 0.25) is 6.41 Å². The molecule has 62 valence electrons. The molecule has 0 spiro atoms. The Balaban J connectivity index is 2.70. The van der Waals surface area contributed by atoms with Crippen LogP contribution in [0.4, 0.5) is 0 Å². The summed E-state index contributed by atoms with van der Waals surface area (Å²) in [5, 5.41) is 18.9. The van der Waals surface area contributed by atoms with Crippen LogP contribution in [-0.2, 0) is 0 Å². The van der Waals surface area contributed by atoms with Crippen molar-refractivity contribution in [2.75, 3.05) is 0 Å². The molecule has 0 unspecified atom stereocenters. The molecule has 0 saturated carbocycles. The number of fused-ring (bicyclic) bond motifs is 1. The van der Waals surface area contributed by atoms with Gasteiger partial charge in [0.1, 0.15) is 0 Å². The minimum atomic E-state index is -1.45. The molecule has 0 bridgehead atoms. The first-order chi connectivity index (χ1) is 5.79. The number of rotatable bonds is 1. The zero-order chi connectivity index (χ0) is 8.55. The number of para-hydroxylation sites is 1. The van der Waals surface area contributed by atoms with E-state index in [0.29, 0.717) is 0 Å². The van der Waals surface area contributed by atoms with Crippen molar-refractivity contribution in [2.24, 2.45) is 0 Å². The molecule has 0 fully saturated rings. The molecule has 2 rings (SSSR count). The van der Waals surface area contributed by atoms with Crippen molar-refractivity contribution in [1.29, 1.82) is 0 Å². The van der Waals surface area contributed by atoms with E-state index in [1.165, 1.54) is 4.57 Å². The summed E-state index contributed by atoms with van der Waals surface area (Å²) in [6.07, 6.45) is 0.194. The third kappa shape index (κ3) is 0.995. The van der Waals surface area contributed by atoms with Gasteiger partial charge in [0.05, 0.1) is 5.52 Å². The molecule has 3 nitrogen and oxygen atoms in total. The van der Waals surface area contributed by atoms with Gasteiger partial charge in [-0.15, -0.1) is 0 Å². The topological polar surface area (TPSA) is 45.4 Å². The van der Waals surface area contributed by atoms with Crippen LogP contribution in [-0.4, -0.2) is 14.8 Å². The van der Waals surface area contributed by atoms with Crippen LogP contribution in [0.5, 0.6) is 0 Å². The van der Waals surface area contributed by atoms with E-state index in [9.17, 15) is 0 Å². The molecular weight excluding hydrogens is 154 g/mol. The van der Waals surface area contributed by atoms with Crippen molar-refractivity contribution < 1.29 is 10.2 Å². The monoisotopic (exact) mass is 163 g/mol. The highest BCUT2D eigenvalue weighted by Crippen LogP contribution is 2.16. The minimum absolute atomic E-state index is 0.826. The van der Waals surface area contributed by atoms with Crippen molar-refractivity contribution in [2.45, 2.75) is 6.41 Å². The largest absolute Gasteiger partial charge is 0.351 e. The van der Waals surface area contributed by atoms with Crippen molar-refractivity contribution in [3.63, 3.8) is 0 Å². The molecule has 1 aromatic heterocycles. The van der Waals surface area contributed by atoms with Gasteiger partial charge in [-0.3, -0.25) is 4.57 Å². The predicted octanol–water partition coefficient (Wildman–Crippen LogP) is 1.08. The summed E-state index contributed by atoms with van der Waals surface area (Å²) in [7, 11) is 0. The number of hydrogen-bond acceptors (Lipinski definition) is 2. The van der Waals surface area contributed by atoms with Crippen LogP contribution in [0.15, 0.2) is 36.5 Å². The van der Waals surface area contributed by atoms with Crippen molar-refractivity contribution >= 4 is 10.9 Å². The molecule has 0 atom stereocenters. The summed E-state index contributed by atoms with van der Waals surface area (Å²) in [6, 6.07) is 9.38. The Morgan fingerprint density at radius 2 is 1.83 bits per heavy atom. The number of benzene rings is 1. The third-order valence-electron chi connectivity index (χ3n) is 1.88. The van der Waals surface area contributed by atoms with Crippen LogP contribution < -0.4 is 0 Å². The van der Waals surface area contributed by atoms with Crippen LogP contribution in [0.2, 0.25) is 0 Å². The van der Waals surface area contributed by atoms with Gasteiger partial charge in [-0.05, 0) is 17.5 Å². The van der Waals surface area contributed by atoms with Gasteiger partial charge in [0.25, 0.3) is 0 Å². The highest BCUT2D eigenvalue weighted by Gasteiger charge is 2.03. The average Bonchev–Trinajstić information content (AvgIpc) is 2.47. The highest BCUT2D eigenvalue weighted by molar-refractivity contribution is 5.79. The molecule has 1 aromatic carbocycles. The van der Waals surface area contributed by atoms with E-state index in [2.05, 4.69) is 0 Å². The molecule has 0 radical (unpaired) electrons. The number of nitrogens with zero attached hydrogens (tertiary/aromatic N) is 1. The molecule has 0 aliphatic heterocycles. The lowest BCUT2D eigenvalue weighted by Gasteiger charge is -2.05. The highest BCUT2D eigenvalue weighted by atomic mass is 16.5. The van der Waals surface area contributed by atoms with Gasteiger partial charge < -0.3 is 10.2 Å². The Labute approximate surface area is 69.5 Å². The van der Waals surface area contributed by atoms with Crippen LogP contribution in [0.3, 0.4) is 0 Å². The summed E-state index contributed by atoms with van der Waals surface area (Å²) in [5.74, 6) is 0. The first kappa shape index (κ1) is 7.34. The predicted molar refractivity (Wildman–Crippen MR) is 45.4 cm³/mol. The molecule has 2 aromatic rings. The smallest absolute Gasteiger partial charge is 0.239 e. The Kier molecular flexibility index (Phi) is 1.60. The number of aliphatic hydroxyl groups excluding tert-OH is 1. The van der Waals surface area contributed by atoms with E-state index < -0.39 is 6.41 Å². The second kappa shape index (κ2) is 2.62.